The van der Waals surface area contributed by atoms with Gasteiger partial charge in [0.1, 0.15) is 5.52 Å². The summed E-state index contributed by atoms with van der Waals surface area (Å²) in [5, 5.41) is 3.11. The zero-order valence-electron chi connectivity index (χ0n) is 11.6. The van der Waals surface area contributed by atoms with Crippen molar-refractivity contribution in [3.63, 3.8) is 0 Å². The van der Waals surface area contributed by atoms with Crippen molar-refractivity contribution in [3.05, 3.63) is 30.2 Å². The molecular weight excluding hydrogens is 252 g/mol. The second-order valence-corrected chi connectivity index (χ2v) is 5.48. The van der Waals surface area contributed by atoms with E-state index in [0.717, 1.165) is 23.9 Å². The molecule has 0 aliphatic heterocycles. The Kier molecular flexibility index (Phi) is 4.00. The Balaban J connectivity index is 1.51. The van der Waals surface area contributed by atoms with Gasteiger partial charge in [-0.1, -0.05) is 31.4 Å². The van der Waals surface area contributed by atoms with E-state index in [1.165, 1.54) is 19.3 Å². The maximum Gasteiger partial charge on any atom is 0.220 e. The molecule has 0 radical (unpaired) electrons. The molecule has 4 heteroatoms. The summed E-state index contributed by atoms with van der Waals surface area (Å²) in [5.41, 5.74) is 1.64. The molecule has 1 N–H and O–H groups in total. The maximum absolute atomic E-state index is 11.9. The van der Waals surface area contributed by atoms with Gasteiger partial charge in [-0.05, 0) is 25.0 Å². The highest BCUT2D eigenvalue weighted by atomic mass is 16.3. The number of benzene rings is 1. The van der Waals surface area contributed by atoms with Gasteiger partial charge >= 0.3 is 0 Å². The van der Waals surface area contributed by atoms with Crippen LogP contribution in [0.3, 0.4) is 0 Å². The van der Waals surface area contributed by atoms with E-state index >= 15 is 0 Å². The van der Waals surface area contributed by atoms with Crippen LogP contribution in [0.25, 0.3) is 11.1 Å². The standard InChI is InChI=1S/C16H20N2O2/c19-15(17-12-6-2-1-3-7-12)10-11-16-18-13-8-4-5-9-14(13)20-16/h4-5,8-9,12H,1-3,6-7,10-11H2,(H,17,19). The molecule has 4 nitrogen and oxygen atoms in total. The molecule has 3 rings (SSSR count). The molecule has 1 aliphatic carbocycles. The number of oxazole rings is 1. The Morgan fingerprint density at radius 3 is 2.85 bits per heavy atom. The summed E-state index contributed by atoms with van der Waals surface area (Å²) in [6, 6.07) is 8.05. The van der Waals surface area contributed by atoms with E-state index < -0.39 is 0 Å². The molecule has 1 amide bonds. The molecular formula is C16H20N2O2. The van der Waals surface area contributed by atoms with Crippen LogP contribution in [0.1, 0.15) is 44.4 Å². The minimum absolute atomic E-state index is 0.110. The summed E-state index contributed by atoms with van der Waals surface area (Å²) in [5.74, 6) is 0.754. The highest BCUT2D eigenvalue weighted by Crippen LogP contribution is 2.18. The number of hydrogen-bond acceptors (Lipinski definition) is 3. The quantitative estimate of drug-likeness (QED) is 0.929. The molecule has 0 bridgehead atoms. The molecule has 2 aromatic rings. The number of aromatic nitrogens is 1. The molecule has 1 saturated carbocycles. The monoisotopic (exact) mass is 272 g/mol. The fourth-order valence-electron chi connectivity index (χ4n) is 2.79. The van der Waals surface area contributed by atoms with Crippen LogP contribution in [-0.2, 0) is 11.2 Å². The van der Waals surface area contributed by atoms with E-state index in [1.54, 1.807) is 0 Å². The minimum atomic E-state index is 0.110. The first-order chi connectivity index (χ1) is 9.81. The predicted molar refractivity (Wildman–Crippen MR) is 77.3 cm³/mol. The summed E-state index contributed by atoms with van der Waals surface area (Å²) in [6.45, 7) is 0. The zero-order chi connectivity index (χ0) is 13.8. The highest BCUT2D eigenvalue weighted by molar-refractivity contribution is 5.76. The topological polar surface area (TPSA) is 55.1 Å². The molecule has 1 fully saturated rings. The molecule has 0 atom stereocenters. The molecule has 1 heterocycles. The number of amides is 1. The first-order valence-electron chi connectivity index (χ1n) is 7.45. The van der Waals surface area contributed by atoms with Crippen LogP contribution in [0.4, 0.5) is 0 Å². The average molecular weight is 272 g/mol. The number of carbonyl (C=O) groups excluding carboxylic acids is 1. The Labute approximate surface area is 118 Å². The van der Waals surface area contributed by atoms with Crippen LogP contribution in [-0.4, -0.2) is 16.9 Å². The first-order valence-corrected chi connectivity index (χ1v) is 7.45. The smallest absolute Gasteiger partial charge is 0.220 e. The molecule has 20 heavy (non-hydrogen) atoms. The lowest BCUT2D eigenvalue weighted by Crippen LogP contribution is -2.36. The van der Waals surface area contributed by atoms with Gasteiger partial charge in [0, 0.05) is 18.9 Å². The minimum Gasteiger partial charge on any atom is -0.441 e. The van der Waals surface area contributed by atoms with E-state index in [2.05, 4.69) is 10.3 Å². The second-order valence-electron chi connectivity index (χ2n) is 5.48. The lowest BCUT2D eigenvalue weighted by Gasteiger charge is -2.22. The lowest BCUT2D eigenvalue weighted by atomic mass is 9.95. The zero-order valence-corrected chi connectivity index (χ0v) is 11.6. The number of carbonyl (C=O) groups is 1. The lowest BCUT2D eigenvalue weighted by molar-refractivity contribution is -0.122. The summed E-state index contributed by atoms with van der Waals surface area (Å²) in [6.07, 6.45) is 7.02. The molecule has 0 unspecified atom stereocenters. The molecule has 0 saturated heterocycles. The van der Waals surface area contributed by atoms with Crippen molar-refractivity contribution in [1.82, 2.24) is 10.3 Å². The third-order valence-electron chi connectivity index (χ3n) is 3.87. The first kappa shape index (κ1) is 13.2. The van der Waals surface area contributed by atoms with Crippen molar-refractivity contribution in [1.29, 1.82) is 0 Å². The molecule has 106 valence electrons. The Morgan fingerprint density at radius 2 is 2.05 bits per heavy atom. The van der Waals surface area contributed by atoms with Crippen molar-refractivity contribution in [2.24, 2.45) is 0 Å². The average Bonchev–Trinajstić information content (AvgIpc) is 2.89. The number of nitrogens with zero attached hydrogens (tertiary/aromatic N) is 1. The van der Waals surface area contributed by atoms with Gasteiger partial charge < -0.3 is 9.73 Å². The Bertz CT molecular complexity index is 552. The summed E-state index contributed by atoms with van der Waals surface area (Å²) >= 11 is 0. The van der Waals surface area contributed by atoms with Gasteiger partial charge in [0.15, 0.2) is 11.5 Å². The van der Waals surface area contributed by atoms with Gasteiger partial charge in [0.05, 0.1) is 0 Å². The largest absolute Gasteiger partial charge is 0.441 e. The fourth-order valence-corrected chi connectivity index (χ4v) is 2.79. The third-order valence-corrected chi connectivity index (χ3v) is 3.87. The predicted octanol–water partition coefficient (Wildman–Crippen LogP) is 3.21. The maximum atomic E-state index is 11.9. The van der Waals surface area contributed by atoms with E-state index in [4.69, 9.17) is 4.42 Å². The molecule has 1 aromatic heterocycles. The SMILES string of the molecule is O=C(CCc1nc2ccccc2o1)NC1CCCCC1. The van der Waals surface area contributed by atoms with Crippen molar-refractivity contribution in [2.75, 3.05) is 0 Å². The van der Waals surface area contributed by atoms with Gasteiger partial charge in [0.2, 0.25) is 5.91 Å². The van der Waals surface area contributed by atoms with E-state index in [-0.39, 0.29) is 5.91 Å². The number of nitrogens with one attached hydrogen (secondary N) is 1. The fraction of sp³-hybridized carbons (Fsp3) is 0.500. The van der Waals surface area contributed by atoms with Gasteiger partial charge in [-0.25, -0.2) is 4.98 Å². The molecule has 0 spiro atoms. The van der Waals surface area contributed by atoms with Gasteiger partial charge in [-0.2, -0.15) is 0 Å². The van der Waals surface area contributed by atoms with Crippen LogP contribution < -0.4 is 5.32 Å². The number of para-hydroxylation sites is 2. The van der Waals surface area contributed by atoms with Crippen LogP contribution in [0, 0.1) is 0 Å². The number of aryl methyl sites for hydroxylation is 1. The van der Waals surface area contributed by atoms with Crippen LogP contribution in [0.5, 0.6) is 0 Å². The molecule has 1 aliphatic rings. The van der Waals surface area contributed by atoms with E-state index in [0.29, 0.717) is 24.8 Å². The van der Waals surface area contributed by atoms with Crippen LogP contribution in [0.15, 0.2) is 28.7 Å². The Hall–Kier alpha value is -1.84. The summed E-state index contributed by atoms with van der Waals surface area (Å²) in [7, 11) is 0. The van der Waals surface area contributed by atoms with Gasteiger partial charge in [-0.3, -0.25) is 4.79 Å². The normalized spacial score (nSPS) is 16.4. The van der Waals surface area contributed by atoms with Crippen molar-refractivity contribution < 1.29 is 9.21 Å². The van der Waals surface area contributed by atoms with E-state index in [9.17, 15) is 4.79 Å². The number of hydrogen-bond donors (Lipinski definition) is 1. The number of rotatable bonds is 4. The van der Waals surface area contributed by atoms with Gasteiger partial charge in [0.25, 0.3) is 0 Å². The second kappa shape index (κ2) is 6.07. The summed E-state index contributed by atoms with van der Waals surface area (Å²) in [4.78, 5) is 16.3. The Morgan fingerprint density at radius 1 is 1.25 bits per heavy atom. The molecule has 1 aromatic carbocycles. The van der Waals surface area contributed by atoms with Gasteiger partial charge in [-0.15, -0.1) is 0 Å². The van der Waals surface area contributed by atoms with Crippen molar-refractivity contribution in [3.8, 4) is 0 Å². The van der Waals surface area contributed by atoms with Crippen LogP contribution in [0.2, 0.25) is 0 Å². The van der Waals surface area contributed by atoms with Crippen LogP contribution >= 0.6 is 0 Å². The van der Waals surface area contributed by atoms with Crippen molar-refractivity contribution in [2.45, 2.75) is 51.0 Å². The van der Waals surface area contributed by atoms with E-state index in [1.807, 2.05) is 24.3 Å². The summed E-state index contributed by atoms with van der Waals surface area (Å²) < 4.78 is 5.62. The third kappa shape index (κ3) is 3.18. The van der Waals surface area contributed by atoms with Crippen molar-refractivity contribution >= 4 is 17.0 Å². The highest BCUT2D eigenvalue weighted by Gasteiger charge is 2.16. The number of fused-ring (bicyclic) bond motifs is 1.